The van der Waals surface area contributed by atoms with Gasteiger partial charge in [0.15, 0.2) is 5.13 Å². The van der Waals surface area contributed by atoms with Gasteiger partial charge in [0, 0.05) is 19.7 Å². The van der Waals surface area contributed by atoms with E-state index in [-0.39, 0.29) is 18.8 Å². The van der Waals surface area contributed by atoms with Gasteiger partial charge in [-0.3, -0.25) is 10.1 Å². The number of nitrogens with zero attached hydrogens (tertiary/aromatic N) is 2. The molecule has 1 aromatic carbocycles. The number of rotatable bonds is 4. The normalized spacial score (nSPS) is 10.6. The van der Waals surface area contributed by atoms with Gasteiger partial charge >= 0.3 is 12.0 Å². The molecule has 0 bridgehead atoms. The Balaban J connectivity index is 2.09. The maximum absolute atomic E-state index is 13.4. The highest BCUT2D eigenvalue weighted by Crippen LogP contribution is 2.28. The third-order valence-corrected chi connectivity index (χ3v) is 3.82. The van der Waals surface area contributed by atoms with Crippen LogP contribution in [0.15, 0.2) is 12.1 Å². The van der Waals surface area contributed by atoms with Crippen LogP contribution in [0.3, 0.4) is 0 Å². The van der Waals surface area contributed by atoms with Gasteiger partial charge in [0.25, 0.3) is 0 Å². The molecular weight excluding hydrogens is 297 g/mol. The number of carboxylic acids is 1. The number of fused-ring (bicyclic) bond motifs is 1. The second kappa shape index (κ2) is 6.04. The van der Waals surface area contributed by atoms with Gasteiger partial charge in [-0.25, -0.2) is 14.2 Å². The predicted molar refractivity (Wildman–Crippen MR) is 78.2 cm³/mol. The Labute approximate surface area is 124 Å². The summed E-state index contributed by atoms with van der Waals surface area (Å²) in [5.74, 6) is -1.31. The van der Waals surface area contributed by atoms with Crippen molar-refractivity contribution < 1.29 is 19.1 Å². The SMILES string of the molecule is Cc1cc2sc(NC(=O)N(C)CCC(=O)O)nc2cc1F. The Morgan fingerprint density at radius 1 is 1.48 bits per heavy atom. The monoisotopic (exact) mass is 311 g/mol. The molecule has 0 saturated heterocycles. The number of hydrogen-bond donors (Lipinski definition) is 2. The number of halogens is 1. The summed E-state index contributed by atoms with van der Waals surface area (Å²) in [4.78, 5) is 27.7. The molecule has 1 aromatic heterocycles. The molecular formula is C13H14FN3O3S. The molecule has 2 amide bonds. The van der Waals surface area contributed by atoms with E-state index in [1.54, 1.807) is 13.0 Å². The van der Waals surface area contributed by atoms with Crippen LogP contribution in [-0.4, -0.2) is 40.6 Å². The molecule has 2 N–H and O–H groups in total. The van der Waals surface area contributed by atoms with Gasteiger partial charge in [-0.15, -0.1) is 0 Å². The second-order valence-corrected chi connectivity index (χ2v) is 5.61. The first kappa shape index (κ1) is 15.2. The molecule has 0 aliphatic carbocycles. The van der Waals surface area contributed by atoms with Crippen LogP contribution in [0.5, 0.6) is 0 Å². The summed E-state index contributed by atoms with van der Waals surface area (Å²) < 4.78 is 14.2. The van der Waals surface area contributed by atoms with E-state index in [4.69, 9.17) is 5.11 Å². The van der Waals surface area contributed by atoms with Crippen molar-refractivity contribution in [3.05, 3.63) is 23.5 Å². The molecule has 112 valence electrons. The highest BCUT2D eigenvalue weighted by molar-refractivity contribution is 7.22. The van der Waals surface area contributed by atoms with Crippen molar-refractivity contribution >= 4 is 38.7 Å². The van der Waals surface area contributed by atoms with Crippen LogP contribution < -0.4 is 5.32 Å². The maximum atomic E-state index is 13.4. The van der Waals surface area contributed by atoms with Gasteiger partial charge in [-0.05, 0) is 18.6 Å². The van der Waals surface area contributed by atoms with E-state index in [0.29, 0.717) is 16.2 Å². The van der Waals surface area contributed by atoms with Crippen molar-refractivity contribution in [1.29, 1.82) is 0 Å². The number of carboxylic acid groups (broad SMARTS) is 1. The van der Waals surface area contributed by atoms with E-state index in [1.165, 1.54) is 29.4 Å². The Morgan fingerprint density at radius 2 is 2.19 bits per heavy atom. The summed E-state index contributed by atoms with van der Waals surface area (Å²) in [5, 5.41) is 11.5. The number of amides is 2. The van der Waals surface area contributed by atoms with Crippen molar-refractivity contribution in [2.75, 3.05) is 18.9 Å². The highest BCUT2D eigenvalue weighted by atomic mass is 32.1. The van der Waals surface area contributed by atoms with Crippen LogP contribution in [0.4, 0.5) is 14.3 Å². The fourth-order valence-corrected chi connectivity index (χ4v) is 2.59. The zero-order valence-electron chi connectivity index (χ0n) is 11.5. The molecule has 8 heteroatoms. The van der Waals surface area contributed by atoms with E-state index in [2.05, 4.69) is 10.3 Å². The number of anilines is 1. The molecule has 0 saturated carbocycles. The van der Waals surface area contributed by atoms with Gasteiger partial charge in [0.05, 0.1) is 16.6 Å². The number of aromatic nitrogens is 1. The third-order valence-electron chi connectivity index (χ3n) is 2.89. The Morgan fingerprint density at radius 3 is 2.86 bits per heavy atom. The minimum absolute atomic E-state index is 0.0970. The zero-order chi connectivity index (χ0) is 15.6. The molecule has 21 heavy (non-hydrogen) atoms. The molecule has 2 aromatic rings. The molecule has 0 spiro atoms. The number of thiazole rings is 1. The van der Waals surface area contributed by atoms with Crippen molar-refractivity contribution in [2.24, 2.45) is 0 Å². The van der Waals surface area contributed by atoms with Gasteiger partial charge in [0.1, 0.15) is 5.82 Å². The van der Waals surface area contributed by atoms with Crippen LogP contribution >= 0.6 is 11.3 Å². The Bertz CT molecular complexity index is 662. The number of carbonyl (C=O) groups excluding carboxylic acids is 1. The summed E-state index contributed by atoms with van der Waals surface area (Å²) in [6.07, 6.45) is -0.131. The summed E-state index contributed by atoms with van der Waals surface area (Å²) in [6, 6.07) is 2.55. The molecule has 0 unspecified atom stereocenters. The van der Waals surface area contributed by atoms with Crippen molar-refractivity contribution in [1.82, 2.24) is 9.88 Å². The van der Waals surface area contributed by atoms with Gasteiger partial charge < -0.3 is 10.0 Å². The van der Waals surface area contributed by atoms with Crippen molar-refractivity contribution in [3.63, 3.8) is 0 Å². The lowest BCUT2D eigenvalue weighted by molar-refractivity contribution is -0.137. The lowest BCUT2D eigenvalue weighted by atomic mass is 10.2. The number of nitrogens with one attached hydrogen (secondary N) is 1. The standard InChI is InChI=1S/C13H14FN3O3S/c1-7-5-10-9(6-8(7)14)15-12(21-10)16-13(20)17(2)4-3-11(18)19/h5-6H,3-4H2,1-2H3,(H,18,19)(H,15,16,20). The van der Waals surface area contributed by atoms with Crippen LogP contribution in [0, 0.1) is 12.7 Å². The molecule has 0 aliphatic rings. The van der Waals surface area contributed by atoms with Crippen LogP contribution in [-0.2, 0) is 4.79 Å². The second-order valence-electron chi connectivity index (χ2n) is 4.58. The van der Waals surface area contributed by atoms with Crippen LogP contribution in [0.25, 0.3) is 10.2 Å². The minimum atomic E-state index is -0.972. The number of aliphatic carboxylic acids is 1. The predicted octanol–water partition coefficient (Wildman–Crippen LogP) is 2.68. The van der Waals surface area contributed by atoms with Crippen molar-refractivity contribution in [2.45, 2.75) is 13.3 Å². The van der Waals surface area contributed by atoms with Gasteiger partial charge in [-0.2, -0.15) is 0 Å². The maximum Gasteiger partial charge on any atom is 0.323 e. The lowest BCUT2D eigenvalue weighted by Crippen LogP contribution is -2.33. The highest BCUT2D eigenvalue weighted by Gasteiger charge is 2.13. The number of urea groups is 1. The molecule has 6 nitrogen and oxygen atoms in total. The van der Waals surface area contributed by atoms with E-state index < -0.39 is 12.0 Å². The minimum Gasteiger partial charge on any atom is -0.481 e. The lowest BCUT2D eigenvalue weighted by Gasteiger charge is -2.15. The molecule has 0 aliphatic heterocycles. The molecule has 0 atom stereocenters. The summed E-state index contributed by atoms with van der Waals surface area (Å²) in [5.41, 5.74) is 0.995. The zero-order valence-corrected chi connectivity index (χ0v) is 12.3. The Kier molecular flexibility index (Phi) is 4.37. The smallest absolute Gasteiger partial charge is 0.323 e. The Hall–Kier alpha value is -2.22. The van der Waals surface area contributed by atoms with Gasteiger partial charge in [-0.1, -0.05) is 11.3 Å². The molecule has 0 fully saturated rings. The largest absolute Gasteiger partial charge is 0.481 e. The first-order valence-corrected chi connectivity index (χ1v) is 6.99. The molecule has 0 radical (unpaired) electrons. The third kappa shape index (κ3) is 3.66. The number of aryl methyl sites for hydroxylation is 1. The molecule has 2 rings (SSSR count). The number of benzene rings is 1. The number of carbonyl (C=O) groups is 2. The van der Waals surface area contributed by atoms with Crippen LogP contribution in [0.2, 0.25) is 0 Å². The van der Waals surface area contributed by atoms with E-state index >= 15 is 0 Å². The average molecular weight is 311 g/mol. The first-order valence-electron chi connectivity index (χ1n) is 6.17. The van der Waals surface area contributed by atoms with E-state index in [0.717, 1.165) is 4.70 Å². The molecule has 1 heterocycles. The summed E-state index contributed by atoms with van der Waals surface area (Å²) in [6.45, 7) is 1.76. The van der Waals surface area contributed by atoms with Crippen LogP contribution in [0.1, 0.15) is 12.0 Å². The van der Waals surface area contributed by atoms with E-state index in [1.807, 2.05) is 0 Å². The summed E-state index contributed by atoms with van der Waals surface area (Å²) in [7, 11) is 1.50. The van der Waals surface area contributed by atoms with Crippen molar-refractivity contribution in [3.8, 4) is 0 Å². The fourth-order valence-electron chi connectivity index (χ4n) is 1.66. The van der Waals surface area contributed by atoms with Gasteiger partial charge in [0.2, 0.25) is 0 Å². The fraction of sp³-hybridized carbons (Fsp3) is 0.308. The first-order chi connectivity index (χ1) is 9.86. The topological polar surface area (TPSA) is 82.5 Å². The number of hydrogen-bond acceptors (Lipinski definition) is 4. The van der Waals surface area contributed by atoms with E-state index in [9.17, 15) is 14.0 Å². The summed E-state index contributed by atoms with van der Waals surface area (Å²) >= 11 is 1.24. The average Bonchev–Trinajstić information content (AvgIpc) is 2.77. The quantitative estimate of drug-likeness (QED) is 0.909.